The van der Waals surface area contributed by atoms with Crippen LogP contribution in [0.4, 0.5) is 0 Å². The van der Waals surface area contributed by atoms with Crippen LogP contribution in [0.1, 0.15) is 46.0 Å². The Bertz CT molecular complexity index is 206. The Morgan fingerprint density at radius 3 is 2.42 bits per heavy atom. The van der Waals surface area contributed by atoms with Crippen molar-refractivity contribution >= 4 is 0 Å². The van der Waals surface area contributed by atoms with E-state index in [2.05, 4.69) is 13.8 Å². The minimum atomic E-state index is 0.827. The van der Waals surface area contributed by atoms with Gasteiger partial charge in [0.15, 0.2) is 0 Å². The van der Waals surface area contributed by atoms with E-state index in [9.17, 15) is 0 Å². The van der Waals surface area contributed by atoms with Gasteiger partial charge in [-0.3, -0.25) is 0 Å². The summed E-state index contributed by atoms with van der Waals surface area (Å²) in [5, 5.41) is 0. The molecule has 0 saturated heterocycles. The zero-order valence-electron chi connectivity index (χ0n) is 8.34. The first-order valence-corrected chi connectivity index (χ1v) is 5.74. The lowest BCUT2D eigenvalue weighted by molar-refractivity contribution is 0.00778. The van der Waals surface area contributed by atoms with Crippen LogP contribution in [0.5, 0.6) is 0 Å². The van der Waals surface area contributed by atoms with Crippen molar-refractivity contribution in [2.24, 2.45) is 29.1 Å². The Balaban J connectivity index is 1.95. The molecule has 3 saturated carbocycles. The quantitative estimate of drug-likeness (QED) is 0.556. The van der Waals surface area contributed by atoms with Gasteiger partial charge in [0.1, 0.15) is 0 Å². The van der Waals surface area contributed by atoms with Crippen molar-refractivity contribution in [1.82, 2.24) is 0 Å². The fourth-order valence-electron chi connectivity index (χ4n) is 4.60. The van der Waals surface area contributed by atoms with Crippen LogP contribution < -0.4 is 0 Å². The Morgan fingerprint density at radius 1 is 1.17 bits per heavy atom. The van der Waals surface area contributed by atoms with E-state index in [1.165, 1.54) is 5.92 Å². The molecule has 0 aliphatic heterocycles. The van der Waals surface area contributed by atoms with E-state index in [-0.39, 0.29) is 0 Å². The average molecular weight is 164 g/mol. The maximum Gasteiger partial charge on any atom is -0.0241 e. The normalized spacial score (nSPS) is 55.8. The van der Waals surface area contributed by atoms with Gasteiger partial charge in [0.05, 0.1) is 0 Å². The molecule has 0 heteroatoms. The number of rotatable bonds is 1. The predicted octanol–water partition coefficient (Wildman–Crippen LogP) is 3.47. The second-order valence-electron chi connectivity index (χ2n) is 5.74. The lowest BCUT2D eigenvalue weighted by Gasteiger charge is -2.48. The van der Waals surface area contributed by atoms with Gasteiger partial charge < -0.3 is 0 Å². The summed E-state index contributed by atoms with van der Waals surface area (Å²) in [4.78, 5) is 0. The highest BCUT2D eigenvalue weighted by atomic mass is 14.7. The molecule has 0 heterocycles. The Labute approximate surface area is 75.7 Å². The van der Waals surface area contributed by atoms with Crippen LogP contribution in [-0.4, -0.2) is 0 Å². The third-order valence-corrected chi connectivity index (χ3v) is 5.44. The van der Waals surface area contributed by atoms with E-state index >= 15 is 0 Å². The second-order valence-corrected chi connectivity index (χ2v) is 5.74. The standard InChI is InChI=1S/C12H20/c1-8(2)12-6-5-9(7-12)10-3-4-11(10)12/h8-11H,3-7H2,1-2H3. The van der Waals surface area contributed by atoms with Gasteiger partial charge in [0.25, 0.3) is 0 Å². The second kappa shape index (κ2) is 2.08. The summed E-state index contributed by atoms with van der Waals surface area (Å²) in [7, 11) is 0. The van der Waals surface area contributed by atoms with Crippen LogP contribution in [0, 0.1) is 29.1 Å². The van der Waals surface area contributed by atoms with Gasteiger partial charge >= 0.3 is 0 Å². The van der Waals surface area contributed by atoms with E-state index < -0.39 is 0 Å². The molecule has 3 fully saturated rings. The summed E-state index contributed by atoms with van der Waals surface area (Å²) in [6.07, 6.45) is 7.87. The SMILES string of the molecule is CC(C)C12CCC(C1)C1CCC12. The molecule has 3 rings (SSSR count). The fourth-order valence-corrected chi connectivity index (χ4v) is 4.60. The molecule has 68 valence electrons. The van der Waals surface area contributed by atoms with E-state index in [0.29, 0.717) is 0 Å². The summed E-state index contributed by atoms with van der Waals surface area (Å²) in [6.45, 7) is 4.92. The number of hydrogen-bond acceptors (Lipinski definition) is 0. The molecule has 0 aromatic carbocycles. The molecule has 4 atom stereocenters. The van der Waals surface area contributed by atoms with Crippen LogP contribution in [0.15, 0.2) is 0 Å². The number of hydrogen-bond donors (Lipinski definition) is 0. The molecular weight excluding hydrogens is 144 g/mol. The zero-order chi connectivity index (χ0) is 8.34. The van der Waals surface area contributed by atoms with E-state index in [0.717, 1.165) is 23.2 Å². The van der Waals surface area contributed by atoms with Crippen molar-refractivity contribution in [3.8, 4) is 0 Å². The monoisotopic (exact) mass is 164 g/mol. The Morgan fingerprint density at radius 2 is 2.00 bits per heavy atom. The Kier molecular flexibility index (Phi) is 1.28. The van der Waals surface area contributed by atoms with Crippen LogP contribution in [0.3, 0.4) is 0 Å². The molecule has 2 bridgehead atoms. The van der Waals surface area contributed by atoms with Crippen molar-refractivity contribution in [3.05, 3.63) is 0 Å². The first kappa shape index (κ1) is 7.41. The van der Waals surface area contributed by atoms with Crippen molar-refractivity contribution in [2.75, 3.05) is 0 Å². The summed E-state index contributed by atoms with van der Waals surface area (Å²) in [5.74, 6) is 4.46. The van der Waals surface area contributed by atoms with Gasteiger partial charge in [-0.25, -0.2) is 0 Å². The predicted molar refractivity (Wildman–Crippen MR) is 50.8 cm³/mol. The van der Waals surface area contributed by atoms with E-state index in [1.54, 1.807) is 32.1 Å². The molecule has 0 radical (unpaired) electrons. The van der Waals surface area contributed by atoms with Crippen LogP contribution in [-0.2, 0) is 0 Å². The van der Waals surface area contributed by atoms with Crippen molar-refractivity contribution < 1.29 is 0 Å². The van der Waals surface area contributed by atoms with Gasteiger partial charge in [-0.2, -0.15) is 0 Å². The van der Waals surface area contributed by atoms with Gasteiger partial charge in [-0.05, 0) is 61.2 Å². The smallest absolute Gasteiger partial charge is 0.0241 e. The minimum absolute atomic E-state index is 0.827. The maximum atomic E-state index is 2.46. The summed E-state index contributed by atoms with van der Waals surface area (Å²) < 4.78 is 0. The largest absolute Gasteiger partial charge is 0.0622 e. The highest BCUT2D eigenvalue weighted by Crippen LogP contribution is 2.70. The van der Waals surface area contributed by atoms with Crippen LogP contribution in [0.25, 0.3) is 0 Å². The van der Waals surface area contributed by atoms with Crippen molar-refractivity contribution in [1.29, 1.82) is 0 Å². The molecule has 0 spiro atoms. The number of fused-ring (bicyclic) bond motifs is 5. The van der Waals surface area contributed by atoms with Crippen LogP contribution >= 0.6 is 0 Å². The highest BCUT2D eigenvalue weighted by Gasteiger charge is 2.61. The minimum Gasteiger partial charge on any atom is -0.0622 e. The van der Waals surface area contributed by atoms with Gasteiger partial charge in [-0.15, -0.1) is 0 Å². The molecule has 4 unspecified atom stereocenters. The first-order chi connectivity index (χ1) is 5.74. The highest BCUT2D eigenvalue weighted by molar-refractivity contribution is 5.10. The van der Waals surface area contributed by atoms with Gasteiger partial charge in [-0.1, -0.05) is 13.8 Å². The third-order valence-electron chi connectivity index (χ3n) is 5.44. The van der Waals surface area contributed by atoms with Gasteiger partial charge in [0, 0.05) is 0 Å². The molecule has 12 heavy (non-hydrogen) atoms. The Hall–Kier alpha value is 0. The van der Waals surface area contributed by atoms with E-state index in [1.807, 2.05) is 0 Å². The van der Waals surface area contributed by atoms with Crippen molar-refractivity contribution in [3.63, 3.8) is 0 Å². The molecular formula is C12H20. The molecule has 3 aliphatic carbocycles. The lowest BCUT2D eigenvalue weighted by Crippen LogP contribution is -2.40. The molecule has 0 aromatic heterocycles. The third kappa shape index (κ3) is 0.625. The van der Waals surface area contributed by atoms with Crippen LogP contribution in [0.2, 0.25) is 0 Å². The molecule has 3 aliphatic rings. The lowest BCUT2D eigenvalue weighted by atomic mass is 9.56. The molecule has 0 N–H and O–H groups in total. The summed E-state index contributed by atoms with van der Waals surface area (Å²) in [6, 6.07) is 0. The summed E-state index contributed by atoms with van der Waals surface area (Å²) >= 11 is 0. The van der Waals surface area contributed by atoms with E-state index in [4.69, 9.17) is 0 Å². The zero-order valence-corrected chi connectivity index (χ0v) is 8.34. The molecule has 0 aromatic rings. The first-order valence-electron chi connectivity index (χ1n) is 5.74. The maximum absolute atomic E-state index is 2.46. The van der Waals surface area contributed by atoms with Crippen molar-refractivity contribution in [2.45, 2.75) is 46.0 Å². The average Bonchev–Trinajstić information content (AvgIpc) is 2.38. The fraction of sp³-hybridized carbons (Fsp3) is 1.00. The topological polar surface area (TPSA) is 0 Å². The molecule has 0 nitrogen and oxygen atoms in total. The van der Waals surface area contributed by atoms with Gasteiger partial charge in [0.2, 0.25) is 0 Å². The summed E-state index contributed by atoms with van der Waals surface area (Å²) in [5.41, 5.74) is 0.827. The molecule has 0 amide bonds.